The van der Waals surface area contributed by atoms with Gasteiger partial charge < -0.3 is 18.8 Å². The average Bonchev–Trinajstić information content (AvgIpc) is 2.78. The van der Waals surface area contributed by atoms with Crippen LogP contribution in [0.1, 0.15) is 74.0 Å². The van der Waals surface area contributed by atoms with E-state index in [0.717, 1.165) is 31.2 Å². The standard InChI is InChI=1S/C25H35NO5S/c1-6-8-15-30-22-17-21(19(4)26-32(28)16-9-7-2)24(29-5)18(3)23(22)25(27)31-20-13-11-10-12-14-20/h10-14,17,19,26H,6-9,15-16H2,1-5H3/t19-,32?/m0/s1. The number of esters is 1. The molecule has 0 bridgehead atoms. The van der Waals surface area contributed by atoms with Crippen LogP contribution in [0.2, 0.25) is 0 Å². The van der Waals surface area contributed by atoms with Crippen molar-refractivity contribution >= 4 is 17.3 Å². The average molecular weight is 462 g/mol. The van der Waals surface area contributed by atoms with Gasteiger partial charge in [0, 0.05) is 22.5 Å². The minimum absolute atomic E-state index is 0.256. The van der Waals surface area contributed by atoms with Crippen molar-refractivity contribution in [3.8, 4) is 17.2 Å². The van der Waals surface area contributed by atoms with Crippen LogP contribution in [0, 0.1) is 6.92 Å². The number of ether oxygens (including phenoxy) is 3. The summed E-state index contributed by atoms with van der Waals surface area (Å²) >= 11 is -1.16. The fraction of sp³-hybridized carbons (Fsp3) is 0.480. The minimum Gasteiger partial charge on any atom is -0.598 e. The maximum atomic E-state index is 13.1. The summed E-state index contributed by atoms with van der Waals surface area (Å²) in [6.45, 7) is 8.38. The first-order valence-electron chi connectivity index (χ1n) is 11.2. The Balaban J connectivity index is 2.42. The van der Waals surface area contributed by atoms with Gasteiger partial charge in [-0.15, -0.1) is 4.72 Å². The van der Waals surface area contributed by atoms with E-state index in [-0.39, 0.29) is 6.04 Å². The van der Waals surface area contributed by atoms with Crippen LogP contribution in [-0.2, 0) is 11.4 Å². The molecule has 0 spiro atoms. The molecule has 2 atom stereocenters. The molecule has 0 aliphatic carbocycles. The van der Waals surface area contributed by atoms with Crippen molar-refractivity contribution < 1.29 is 23.6 Å². The fourth-order valence-corrected chi connectivity index (χ4v) is 4.51. The first kappa shape index (κ1) is 26.0. The zero-order valence-electron chi connectivity index (χ0n) is 19.7. The topological polar surface area (TPSA) is 79.9 Å². The minimum atomic E-state index is -1.16. The van der Waals surface area contributed by atoms with Gasteiger partial charge in [0.25, 0.3) is 0 Å². The molecule has 0 saturated carbocycles. The Morgan fingerprint density at radius 1 is 1.16 bits per heavy atom. The number of rotatable bonds is 13. The third kappa shape index (κ3) is 7.15. The van der Waals surface area contributed by atoms with Crippen LogP contribution in [0.4, 0.5) is 0 Å². The van der Waals surface area contributed by atoms with Gasteiger partial charge in [0.1, 0.15) is 28.6 Å². The number of para-hydroxylation sites is 1. The van der Waals surface area contributed by atoms with E-state index in [9.17, 15) is 9.35 Å². The smallest absolute Gasteiger partial charge is 0.347 e. The van der Waals surface area contributed by atoms with Crippen molar-refractivity contribution in [2.24, 2.45) is 0 Å². The second-order valence-corrected chi connectivity index (χ2v) is 8.98. The molecule has 0 aromatic heterocycles. The maximum Gasteiger partial charge on any atom is 0.347 e. The molecule has 0 fully saturated rings. The summed E-state index contributed by atoms with van der Waals surface area (Å²) in [5, 5.41) is 0. The third-order valence-corrected chi connectivity index (χ3v) is 6.36. The predicted octanol–water partition coefficient (Wildman–Crippen LogP) is 5.52. The Morgan fingerprint density at radius 2 is 1.84 bits per heavy atom. The van der Waals surface area contributed by atoms with Crippen LogP contribution in [0.15, 0.2) is 36.4 Å². The van der Waals surface area contributed by atoms with Crippen molar-refractivity contribution in [2.75, 3.05) is 19.5 Å². The zero-order valence-corrected chi connectivity index (χ0v) is 20.6. The highest BCUT2D eigenvalue weighted by Crippen LogP contribution is 2.38. The molecule has 7 heteroatoms. The lowest BCUT2D eigenvalue weighted by atomic mass is 9.98. The zero-order chi connectivity index (χ0) is 23.5. The Bertz CT molecular complexity index is 859. The molecule has 0 aliphatic rings. The maximum absolute atomic E-state index is 13.1. The number of nitrogens with one attached hydrogen (secondary N) is 1. The summed E-state index contributed by atoms with van der Waals surface area (Å²) in [5.74, 6) is 1.54. The number of hydrogen-bond acceptors (Lipinski definition) is 6. The third-order valence-electron chi connectivity index (χ3n) is 5.09. The van der Waals surface area contributed by atoms with Gasteiger partial charge in [-0.3, -0.25) is 0 Å². The van der Waals surface area contributed by atoms with Gasteiger partial charge in [-0.1, -0.05) is 44.9 Å². The van der Waals surface area contributed by atoms with Crippen LogP contribution >= 0.6 is 0 Å². The number of unbranched alkanes of at least 4 members (excludes halogenated alkanes) is 2. The van der Waals surface area contributed by atoms with Crippen molar-refractivity contribution in [1.82, 2.24) is 4.72 Å². The van der Waals surface area contributed by atoms with E-state index in [4.69, 9.17) is 14.2 Å². The Kier molecular flexibility index (Phi) is 10.9. The molecular weight excluding hydrogens is 426 g/mol. The lowest BCUT2D eigenvalue weighted by Crippen LogP contribution is -2.29. The molecule has 0 amide bonds. The molecule has 0 saturated heterocycles. The fourth-order valence-electron chi connectivity index (χ4n) is 3.32. The molecule has 2 rings (SSSR count). The Labute approximate surface area is 195 Å². The SMILES string of the molecule is CCCCOc1cc([C@H](C)N[S+]([O-])CCCC)c(OC)c(C)c1C(=O)Oc1ccccc1. The van der Waals surface area contributed by atoms with E-state index < -0.39 is 17.3 Å². The molecule has 0 aliphatic heterocycles. The molecule has 32 heavy (non-hydrogen) atoms. The second-order valence-electron chi connectivity index (χ2n) is 7.64. The van der Waals surface area contributed by atoms with Crippen LogP contribution in [0.5, 0.6) is 17.2 Å². The Hall–Kier alpha value is -2.22. The normalized spacial score (nSPS) is 12.8. The highest BCUT2D eigenvalue weighted by molar-refractivity contribution is 7.89. The molecule has 176 valence electrons. The van der Waals surface area contributed by atoms with Gasteiger partial charge in [-0.05, 0) is 44.9 Å². The summed E-state index contributed by atoms with van der Waals surface area (Å²) in [6.07, 6.45) is 3.71. The summed E-state index contributed by atoms with van der Waals surface area (Å²) in [6, 6.07) is 10.5. The first-order valence-corrected chi connectivity index (χ1v) is 12.5. The van der Waals surface area contributed by atoms with Crippen molar-refractivity contribution in [3.63, 3.8) is 0 Å². The molecule has 0 radical (unpaired) electrons. The first-order chi connectivity index (χ1) is 15.4. The molecular formula is C25H35NO5S. The van der Waals surface area contributed by atoms with E-state index in [1.165, 1.54) is 0 Å². The largest absolute Gasteiger partial charge is 0.598 e. The van der Waals surface area contributed by atoms with Crippen molar-refractivity contribution in [3.05, 3.63) is 53.1 Å². The molecule has 2 aromatic rings. The highest BCUT2D eigenvalue weighted by Gasteiger charge is 2.27. The van der Waals surface area contributed by atoms with Gasteiger partial charge in [0.05, 0.1) is 19.8 Å². The molecule has 1 unspecified atom stereocenters. The number of benzene rings is 2. The van der Waals surface area contributed by atoms with Crippen LogP contribution < -0.4 is 18.9 Å². The summed E-state index contributed by atoms with van der Waals surface area (Å²) in [5.41, 5.74) is 1.76. The summed E-state index contributed by atoms with van der Waals surface area (Å²) in [4.78, 5) is 13.1. The van der Waals surface area contributed by atoms with E-state index >= 15 is 0 Å². The highest BCUT2D eigenvalue weighted by atomic mass is 32.2. The van der Waals surface area contributed by atoms with Gasteiger partial charge in [-0.2, -0.15) is 0 Å². The molecule has 6 nitrogen and oxygen atoms in total. The Morgan fingerprint density at radius 3 is 2.47 bits per heavy atom. The lowest BCUT2D eigenvalue weighted by molar-refractivity contribution is 0.0728. The second kappa shape index (κ2) is 13.4. The number of hydrogen-bond donors (Lipinski definition) is 1. The number of carbonyl (C=O) groups excluding carboxylic acids is 1. The van der Waals surface area contributed by atoms with E-state index in [1.54, 1.807) is 25.3 Å². The van der Waals surface area contributed by atoms with Gasteiger partial charge in [-0.25, -0.2) is 4.79 Å². The number of methoxy groups -OCH3 is 1. The van der Waals surface area contributed by atoms with E-state index in [1.807, 2.05) is 32.0 Å². The molecule has 0 heterocycles. The summed E-state index contributed by atoms with van der Waals surface area (Å²) < 4.78 is 32.8. The van der Waals surface area contributed by atoms with E-state index in [0.29, 0.717) is 40.7 Å². The lowest BCUT2D eigenvalue weighted by Gasteiger charge is -2.23. The van der Waals surface area contributed by atoms with Crippen molar-refractivity contribution in [2.45, 2.75) is 59.4 Å². The number of carbonyl (C=O) groups is 1. The molecule has 2 aromatic carbocycles. The van der Waals surface area contributed by atoms with Gasteiger partial charge in [0.2, 0.25) is 0 Å². The van der Waals surface area contributed by atoms with E-state index in [2.05, 4.69) is 18.6 Å². The monoisotopic (exact) mass is 461 g/mol. The predicted molar refractivity (Wildman–Crippen MR) is 129 cm³/mol. The van der Waals surface area contributed by atoms with Crippen LogP contribution in [-0.4, -0.2) is 30.0 Å². The summed E-state index contributed by atoms with van der Waals surface area (Å²) in [7, 11) is 1.57. The van der Waals surface area contributed by atoms with Gasteiger partial charge in [0.15, 0.2) is 0 Å². The van der Waals surface area contributed by atoms with Crippen LogP contribution in [0.3, 0.4) is 0 Å². The quantitative estimate of drug-likeness (QED) is 0.183. The van der Waals surface area contributed by atoms with Gasteiger partial charge >= 0.3 is 5.97 Å². The van der Waals surface area contributed by atoms with Crippen molar-refractivity contribution in [1.29, 1.82) is 0 Å². The molecule has 1 N–H and O–H groups in total. The van der Waals surface area contributed by atoms with Crippen LogP contribution in [0.25, 0.3) is 0 Å².